The largest absolute Gasteiger partial charge is 0.309 e. The Kier molecular flexibility index (Phi) is 2.19. The summed E-state index contributed by atoms with van der Waals surface area (Å²) in [6.45, 7) is 9.14. The zero-order valence-electron chi connectivity index (χ0n) is 8.83. The predicted molar refractivity (Wildman–Crippen MR) is 57.6 cm³/mol. The average molecular weight is 191 g/mol. The molecule has 1 aromatic heterocycles. The van der Waals surface area contributed by atoms with Crippen LogP contribution in [-0.2, 0) is 6.54 Å². The monoisotopic (exact) mass is 191 g/mol. The molecule has 1 fully saturated rings. The molecule has 0 radical (unpaired) electrons. The van der Waals surface area contributed by atoms with Crippen LogP contribution in [0.2, 0.25) is 0 Å². The van der Waals surface area contributed by atoms with E-state index in [0.717, 1.165) is 6.54 Å². The molecule has 0 spiro atoms. The standard InChI is InChI=1S/C11H17N3/c1-4-14-8-9(7-13-14)6-12-10-5-11(10,2)3/h4,7-8,10,12H,1,5-6H2,2-3H3. The van der Waals surface area contributed by atoms with Gasteiger partial charge in [0.05, 0.1) is 6.20 Å². The van der Waals surface area contributed by atoms with Gasteiger partial charge in [-0.2, -0.15) is 5.10 Å². The number of hydrogen-bond acceptors (Lipinski definition) is 2. The summed E-state index contributed by atoms with van der Waals surface area (Å²) in [5, 5.41) is 7.64. The van der Waals surface area contributed by atoms with Crippen LogP contribution >= 0.6 is 0 Å². The summed E-state index contributed by atoms with van der Waals surface area (Å²) in [6.07, 6.45) is 6.85. The second-order valence-electron chi connectivity index (χ2n) is 4.64. The topological polar surface area (TPSA) is 29.9 Å². The Balaban J connectivity index is 1.84. The van der Waals surface area contributed by atoms with Crippen molar-refractivity contribution in [2.45, 2.75) is 32.9 Å². The fourth-order valence-corrected chi connectivity index (χ4v) is 1.63. The highest BCUT2D eigenvalue weighted by atomic mass is 15.2. The maximum absolute atomic E-state index is 4.13. The molecule has 1 heterocycles. The second kappa shape index (κ2) is 3.24. The Morgan fingerprint density at radius 2 is 2.50 bits per heavy atom. The van der Waals surface area contributed by atoms with E-state index in [1.165, 1.54) is 12.0 Å². The van der Waals surface area contributed by atoms with Gasteiger partial charge in [-0.1, -0.05) is 20.4 Å². The summed E-state index contributed by atoms with van der Waals surface area (Å²) in [5.41, 5.74) is 1.71. The van der Waals surface area contributed by atoms with Crippen molar-refractivity contribution >= 4 is 6.20 Å². The number of aromatic nitrogens is 2. The lowest BCUT2D eigenvalue weighted by Crippen LogP contribution is -2.19. The number of nitrogens with one attached hydrogen (secondary N) is 1. The van der Waals surface area contributed by atoms with Crippen LogP contribution in [-0.4, -0.2) is 15.8 Å². The third-order valence-corrected chi connectivity index (χ3v) is 2.91. The zero-order valence-corrected chi connectivity index (χ0v) is 8.83. The summed E-state index contributed by atoms with van der Waals surface area (Å²) in [4.78, 5) is 0. The minimum atomic E-state index is 0.494. The van der Waals surface area contributed by atoms with Crippen molar-refractivity contribution in [1.82, 2.24) is 15.1 Å². The molecule has 0 bridgehead atoms. The highest BCUT2D eigenvalue weighted by Crippen LogP contribution is 2.44. The summed E-state index contributed by atoms with van der Waals surface area (Å²) in [5.74, 6) is 0. The van der Waals surface area contributed by atoms with E-state index in [4.69, 9.17) is 0 Å². The molecule has 1 N–H and O–H groups in total. The van der Waals surface area contributed by atoms with Crippen molar-refractivity contribution in [3.8, 4) is 0 Å². The fourth-order valence-electron chi connectivity index (χ4n) is 1.63. The van der Waals surface area contributed by atoms with E-state index in [2.05, 4.69) is 30.8 Å². The first kappa shape index (κ1) is 9.46. The SMILES string of the molecule is C=Cn1cc(CNC2CC2(C)C)cn1. The van der Waals surface area contributed by atoms with E-state index in [-0.39, 0.29) is 0 Å². The van der Waals surface area contributed by atoms with Crippen molar-refractivity contribution in [3.05, 3.63) is 24.5 Å². The molecule has 0 amide bonds. The van der Waals surface area contributed by atoms with E-state index < -0.39 is 0 Å². The van der Waals surface area contributed by atoms with Gasteiger partial charge >= 0.3 is 0 Å². The van der Waals surface area contributed by atoms with Crippen LogP contribution < -0.4 is 5.32 Å². The Morgan fingerprint density at radius 1 is 1.79 bits per heavy atom. The molecule has 2 rings (SSSR count). The van der Waals surface area contributed by atoms with Crippen LogP contribution in [0.25, 0.3) is 6.20 Å². The lowest BCUT2D eigenvalue weighted by molar-refractivity contribution is 0.542. The molecule has 0 aromatic carbocycles. The maximum Gasteiger partial charge on any atom is 0.0538 e. The normalized spacial score (nSPS) is 23.4. The fraction of sp³-hybridized carbons (Fsp3) is 0.545. The van der Waals surface area contributed by atoms with Gasteiger partial charge in [-0.05, 0) is 11.8 Å². The number of rotatable bonds is 4. The van der Waals surface area contributed by atoms with Crippen LogP contribution in [0.3, 0.4) is 0 Å². The Labute approximate surface area is 84.8 Å². The quantitative estimate of drug-likeness (QED) is 0.787. The van der Waals surface area contributed by atoms with E-state index in [0.29, 0.717) is 11.5 Å². The van der Waals surface area contributed by atoms with Crippen molar-refractivity contribution < 1.29 is 0 Å². The molecule has 76 valence electrons. The lowest BCUT2D eigenvalue weighted by atomic mass is 10.2. The zero-order chi connectivity index (χ0) is 10.2. The van der Waals surface area contributed by atoms with Gasteiger partial charge in [0.1, 0.15) is 0 Å². The van der Waals surface area contributed by atoms with Crippen LogP contribution in [0, 0.1) is 5.41 Å². The first-order chi connectivity index (χ1) is 6.62. The molecule has 0 aliphatic heterocycles. The van der Waals surface area contributed by atoms with E-state index in [1.807, 2.05) is 12.4 Å². The minimum Gasteiger partial charge on any atom is -0.309 e. The van der Waals surface area contributed by atoms with Gasteiger partial charge in [0.2, 0.25) is 0 Å². The first-order valence-electron chi connectivity index (χ1n) is 5.01. The molecule has 0 saturated heterocycles. The molecule has 1 aromatic rings. The minimum absolute atomic E-state index is 0.494. The molecule has 3 heteroatoms. The highest BCUT2D eigenvalue weighted by Gasteiger charge is 2.44. The molecule has 1 aliphatic rings. The van der Waals surface area contributed by atoms with Crippen LogP contribution in [0.15, 0.2) is 19.0 Å². The lowest BCUT2D eigenvalue weighted by Gasteiger charge is -2.04. The van der Waals surface area contributed by atoms with Crippen molar-refractivity contribution in [1.29, 1.82) is 0 Å². The van der Waals surface area contributed by atoms with Crippen LogP contribution in [0.4, 0.5) is 0 Å². The predicted octanol–water partition coefficient (Wildman–Crippen LogP) is 1.87. The smallest absolute Gasteiger partial charge is 0.0538 e. The number of nitrogens with zero attached hydrogens (tertiary/aromatic N) is 2. The molecule has 3 nitrogen and oxygen atoms in total. The summed E-state index contributed by atoms with van der Waals surface area (Å²) in [7, 11) is 0. The third kappa shape index (κ3) is 1.87. The van der Waals surface area contributed by atoms with Gasteiger partial charge in [-0.15, -0.1) is 0 Å². The Bertz CT molecular complexity index is 338. The average Bonchev–Trinajstić information content (AvgIpc) is 2.62. The highest BCUT2D eigenvalue weighted by molar-refractivity contribution is 5.18. The van der Waals surface area contributed by atoms with E-state index in [9.17, 15) is 0 Å². The molecule has 14 heavy (non-hydrogen) atoms. The second-order valence-corrected chi connectivity index (χ2v) is 4.64. The third-order valence-electron chi connectivity index (χ3n) is 2.91. The Morgan fingerprint density at radius 3 is 3.00 bits per heavy atom. The van der Waals surface area contributed by atoms with Gasteiger partial charge < -0.3 is 5.32 Å². The summed E-state index contributed by atoms with van der Waals surface area (Å²) < 4.78 is 1.73. The molecular weight excluding hydrogens is 174 g/mol. The summed E-state index contributed by atoms with van der Waals surface area (Å²) in [6, 6.07) is 0.676. The van der Waals surface area contributed by atoms with Gasteiger partial charge in [0.15, 0.2) is 0 Å². The summed E-state index contributed by atoms with van der Waals surface area (Å²) >= 11 is 0. The van der Waals surface area contributed by atoms with Gasteiger partial charge in [-0.3, -0.25) is 0 Å². The maximum atomic E-state index is 4.13. The number of hydrogen-bond donors (Lipinski definition) is 1. The van der Waals surface area contributed by atoms with Gasteiger partial charge in [0.25, 0.3) is 0 Å². The van der Waals surface area contributed by atoms with Crippen molar-refractivity contribution in [2.24, 2.45) is 5.41 Å². The molecule has 1 saturated carbocycles. The molecular formula is C11H17N3. The van der Waals surface area contributed by atoms with E-state index >= 15 is 0 Å². The van der Waals surface area contributed by atoms with Crippen molar-refractivity contribution in [2.75, 3.05) is 0 Å². The first-order valence-corrected chi connectivity index (χ1v) is 5.01. The Hall–Kier alpha value is -1.09. The molecule has 1 atom stereocenters. The van der Waals surface area contributed by atoms with Crippen molar-refractivity contribution in [3.63, 3.8) is 0 Å². The molecule has 1 aliphatic carbocycles. The van der Waals surface area contributed by atoms with Gasteiger partial charge in [0, 0.05) is 30.5 Å². The van der Waals surface area contributed by atoms with E-state index in [1.54, 1.807) is 10.9 Å². The van der Waals surface area contributed by atoms with Crippen LogP contribution in [0.5, 0.6) is 0 Å². The molecule has 1 unspecified atom stereocenters. The van der Waals surface area contributed by atoms with Gasteiger partial charge in [-0.25, -0.2) is 4.68 Å². The van der Waals surface area contributed by atoms with Crippen LogP contribution in [0.1, 0.15) is 25.8 Å².